The molecule has 2 aromatic rings. The number of nitrogens with one attached hydrogen (secondary N) is 1. The van der Waals surface area contributed by atoms with E-state index in [9.17, 15) is 18.5 Å². The minimum atomic E-state index is -3.50. The number of sulfone groups is 1. The lowest BCUT2D eigenvalue weighted by Gasteiger charge is -2.31. The zero-order chi connectivity index (χ0) is 23.3. The van der Waals surface area contributed by atoms with Crippen molar-refractivity contribution in [3.63, 3.8) is 0 Å². The van der Waals surface area contributed by atoms with Gasteiger partial charge in [0.25, 0.3) is 0 Å². The zero-order valence-electron chi connectivity index (χ0n) is 18.6. The number of pyridine rings is 1. The van der Waals surface area contributed by atoms with Crippen LogP contribution in [0.5, 0.6) is 0 Å². The number of benzene rings is 1. The molecule has 1 aromatic heterocycles. The quantitative estimate of drug-likeness (QED) is 0.538. The fourth-order valence-electron chi connectivity index (χ4n) is 4.41. The van der Waals surface area contributed by atoms with Gasteiger partial charge in [-0.15, -0.1) is 11.8 Å². The molecule has 0 aliphatic heterocycles. The molecule has 6 nitrogen and oxygen atoms in total. The third kappa shape index (κ3) is 6.15. The number of aromatic nitrogens is 1. The molecule has 1 amide bonds. The Bertz CT molecular complexity index is 1110. The van der Waals surface area contributed by atoms with Crippen LogP contribution in [0.2, 0.25) is 0 Å². The Morgan fingerprint density at radius 2 is 1.91 bits per heavy atom. The standard InChI is InChI=1S/C25H29N3O3S2/c26-18-25(13-14-25)28-24(29)23-7-2-1-5-19(23)17-33(30,31)22-10-8-21(9-11-22)32-16-12-20-6-3-4-15-27-20/h3-4,6,8-11,15,19,23H,1-2,5,7,12-14,16-17H2,(H,28,29)/t19-,23+/m0/s1. The van der Waals surface area contributed by atoms with Crippen LogP contribution in [0.3, 0.4) is 0 Å². The highest BCUT2D eigenvalue weighted by Gasteiger charge is 2.46. The number of hydrogen-bond acceptors (Lipinski definition) is 6. The van der Waals surface area contributed by atoms with Crippen LogP contribution in [-0.4, -0.2) is 36.4 Å². The van der Waals surface area contributed by atoms with Gasteiger partial charge in [0.1, 0.15) is 5.54 Å². The third-order valence-corrected chi connectivity index (χ3v) is 9.41. The van der Waals surface area contributed by atoms with Gasteiger partial charge in [-0.1, -0.05) is 18.9 Å². The maximum atomic E-state index is 13.1. The van der Waals surface area contributed by atoms with Crippen LogP contribution in [-0.2, 0) is 21.1 Å². The van der Waals surface area contributed by atoms with Crippen molar-refractivity contribution in [1.29, 1.82) is 5.26 Å². The third-order valence-electron chi connectivity index (χ3n) is 6.54. The highest BCUT2D eigenvalue weighted by molar-refractivity contribution is 7.99. The molecule has 0 saturated heterocycles. The van der Waals surface area contributed by atoms with Gasteiger partial charge >= 0.3 is 0 Å². The van der Waals surface area contributed by atoms with E-state index < -0.39 is 15.4 Å². The SMILES string of the molecule is N#CC1(NC(=O)[C@@H]2CCCC[C@H]2CS(=O)(=O)c2ccc(SCCc3ccccn3)cc2)CC1. The van der Waals surface area contributed by atoms with Crippen LogP contribution >= 0.6 is 11.8 Å². The molecule has 0 unspecified atom stereocenters. The molecule has 174 valence electrons. The summed E-state index contributed by atoms with van der Waals surface area (Å²) in [6, 6.07) is 15.1. The fraction of sp³-hybridized carbons (Fsp3) is 0.480. The van der Waals surface area contributed by atoms with Gasteiger partial charge in [-0.05, 0) is 74.4 Å². The lowest BCUT2D eigenvalue weighted by molar-refractivity contribution is -0.128. The van der Waals surface area contributed by atoms with Crippen molar-refractivity contribution in [1.82, 2.24) is 10.3 Å². The van der Waals surface area contributed by atoms with Crippen LogP contribution in [0.25, 0.3) is 0 Å². The predicted octanol–water partition coefficient (Wildman–Crippen LogP) is 4.17. The topological polar surface area (TPSA) is 99.9 Å². The number of nitrogens with zero attached hydrogens (tertiary/aromatic N) is 2. The van der Waals surface area contributed by atoms with Gasteiger partial charge < -0.3 is 5.32 Å². The molecule has 8 heteroatoms. The molecule has 4 rings (SSSR count). The number of carbonyl (C=O) groups excluding carboxylic acids is 1. The Hall–Kier alpha value is -2.37. The van der Waals surface area contributed by atoms with E-state index in [4.69, 9.17) is 0 Å². The van der Waals surface area contributed by atoms with E-state index in [1.54, 1.807) is 30.1 Å². The first kappa shape index (κ1) is 23.8. The molecule has 2 fully saturated rings. The van der Waals surface area contributed by atoms with Gasteiger partial charge in [0, 0.05) is 28.5 Å². The largest absolute Gasteiger partial charge is 0.338 e. The number of carbonyl (C=O) groups is 1. The first-order chi connectivity index (χ1) is 15.9. The van der Waals surface area contributed by atoms with Gasteiger partial charge in [0.15, 0.2) is 9.84 Å². The average molecular weight is 484 g/mol. The maximum Gasteiger partial charge on any atom is 0.224 e. The Kier molecular flexibility index (Phi) is 7.40. The summed E-state index contributed by atoms with van der Waals surface area (Å²) in [7, 11) is -3.50. The lowest BCUT2D eigenvalue weighted by Crippen LogP contribution is -2.44. The van der Waals surface area contributed by atoms with Crippen LogP contribution in [0.15, 0.2) is 58.5 Å². The smallest absolute Gasteiger partial charge is 0.224 e. The monoisotopic (exact) mass is 483 g/mol. The number of amides is 1. The normalized spacial score (nSPS) is 21.7. The van der Waals surface area contributed by atoms with Crippen molar-refractivity contribution in [3.05, 3.63) is 54.4 Å². The van der Waals surface area contributed by atoms with Crippen molar-refractivity contribution in [2.24, 2.45) is 11.8 Å². The van der Waals surface area contributed by atoms with Gasteiger partial charge in [0.2, 0.25) is 5.91 Å². The summed E-state index contributed by atoms with van der Waals surface area (Å²) in [6.45, 7) is 0. The highest BCUT2D eigenvalue weighted by Crippen LogP contribution is 2.37. The van der Waals surface area contributed by atoms with E-state index >= 15 is 0 Å². The first-order valence-corrected chi connectivity index (χ1v) is 14.1. The molecular formula is C25H29N3O3S2. The molecule has 0 radical (unpaired) electrons. The molecule has 33 heavy (non-hydrogen) atoms. The summed E-state index contributed by atoms with van der Waals surface area (Å²) in [5, 5.41) is 12.2. The second-order valence-electron chi connectivity index (χ2n) is 9.01. The van der Waals surface area contributed by atoms with Crippen molar-refractivity contribution in [2.75, 3.05) is 11.5 Å². The molecule has 2 aliphatic carbocycles. The average Bonchev–Trinajstić information content (AvgIpc) is 3.60. The predicted molar refractivity (Wildman–Crippen MR) is 128 cm³/mol. The molecule has 0 spiro atoms. The minimum Gasteiger partial charge on any atom is -0.338 e. The lowest BCUT2D eigenvalue weighted by atomic mass is 9.79. The summed E-state index contributed by atoms with van der Waals surface area (Å²) >= 11 is 1.67. The molecule has 1 aromatic carbocycles. The van der Waals surface area contributed by atoms with Crippen molar-refractivity contribution in [2.45, 2.75) is 60.3 Å². The van der Waals surface area contributed by atoms with E-state index in [0.29, 0.717) is 24.2 Å². The van der Waals surface area contributed by atoms with Crippen molar-refractivity contribution >= 4 is 27.5 Å². The fourth-order valence-corrected chi connectivity index (χ4v) is 6.99. The molecular weight excluding hydrogens is 454 g/mol. The van der Waals surface area contributed by atoms with E-state index in [1.165, 1.54) is 0 Å². The highest BCUT2D eigenvalue weighted by atomic mass is 32.2. The Balaban J connectivity index is 1.35. The van der Waals surface area contributed by atoms with Crippen LogP contribution in [0, 0.1) is 23.2 Å². The first-order valence-electron chi connectivity index (χ1n) is 11.5. The summed E-state index contributed by atoms with van der Waals surface area (Å²) in [5.74, 6) is 0.114. The summed E-state index contributed by atoms with van der Waals surface area (Å²) < 4.78 is 26.3. The van der Waals surface area contributed by atoms with Gasteiger partial charge in [0.05, 0.1) is 16.7 Å². The molecule has 2 aliphatic rings. The van der Waals surface area contributed by atoms with Crippen molar-refractivity contribution < 1.29 is 13.2 Å². The number of hydrogen-bond donors (Lipinski definition) is 1. The molecule has 2 atom stereocenters. The summed E-state index contributed by atoms with van der Waals surface area (Å²) in [4.78, 5) is 18.5. The van der Waals surface area contributed by atoms with Gasteiger partial charge in [-0.2, -0.15) is 5.26 Å². The number of thioether (sulfide) groups is 1. The van der Waals surface area contributed by atoms with Gasteiger partial charge in [-0.25, -0.2) is 8.42 Å². The molecule has 1 N–H and O–H groups in total. The van der Waals surface area contributed by atoms with Crippen molar-refractivity contribution in [3.8, 4) is 6.07 Å². The molecule has 2 saturated carbocycles. The Labute approximate surface area is 200 Å². The maximum absolute atomic E-state index is 13.1. The molecule has 0 bridgehead atoms. The zero-order valence-corrected chi connectivity index (χ0v) is 20.2. The number of rotatable bonds is 9. The second-order valence-corrected chi connectivity index (χ2v) is 12.2. The minimum absolute atomic E-state index is 0.0309. The Morgan fingerprint density at radius 3 is 2.58 bits per heavy atom. The Morgan fingerprint density at radius 1 is 1.15 bits per heavy atom. The van der Waals surface area contributed by atoms with E-state index in [0.717, 1.165) is 42.0 Å². The number of nitriles is 1. The second kappa shape index (κ2) is 10.3. The van der Waals surface area contributed by atoms with Crippen LogP contribution in [0.4, 0.5) is 0 Å². The van der Waals surface area contributed by atoms with E-state index in [1.807, 2.05) is 30.3 Å². The summed E-state index contributed by atoms with van der Waals surface area (Å²) in [6.07, 6.45) is 7.24. The summed E-state index contributed by atoms with van der Waals surface area (Å²) in [5.41, 5.74) is 0.319. The number of aryl methyl sites for hydroxylation is 1. The van der Waals surface area contributed by atoms with E-state index in [-0.39, 0.29) is 23.5 Å². The van der Waals surface area contributed by atoms with Crippen LogP contribution < -0.4 is 5.32 Å². The van der Waals surface area contributed by atoms with Crippen LogP contribution in [0.1, 0.15) is 44.2 Å². The van der Waals surface area contributed by atoms with E-state index in [2.05, 4.69) is 16.4 Å². The molecule has 1 heterocycles. The van der Waals surface area contributed by atoms with Gasteiger partial charge in [-0.3, -0.25) is 9.78 Å².